The molecule has 0 fully saturated rings. The van der Waals surface area contributed by atoms with Gasteiger partial charge in [0.1, 0.15) is 5.82 Å². The molecule has 0 atom stereocenters. The van der Waals surface area contributed by atoms with Crippen molar-refractivity contribution in [3.8, 4) is 0 Å². The fourth-order valence-corrected chi connectivity index (χ4v) is 2.92. The quantitative estimate of drug-likeness (QED) is 0.663. The van der Waals surface area contributed by atoms with Crippen LogP contribution in [0.25, 0.3) is 10.8 Å². The van der Waals surface area contributed by atoms with E-state index in [0.717, 1.165) is 10.9 Å². The lowest BCUT2D eigenvalue weighted by Gasteiger charge is -2.16. The van der Waals surface area contributed by atoms with Crippen molar-refractivity contribution in [2.45, 2.75) is 6.54 Å². The van der Waals surface area contributed by atoms with Crippen molar-refractivity contribution in [2.75, 3.05) is 25.5 Å². The summed E-state index contributed by atoms with van der Waals surface area (Å²) in [6.45, 7) is 0.663. The van der Waals surface area contributed by atoms with Gasteiger partial charge in [-0.2, -0.15) is 0 Å². The first kappa shape index (κ1) is 19.5. The molecule has 2 N–H and O–H groups in total. The van der Waals surface area contributed by atoms with Crippen molar-refractivity contribution in [3.05, 3.63) is 78.1 Å². The van der Waals surface area contributed by atoms with Crippen LogP contribution in [0.5, 0.6) is 0 Å². The van der Waals surface area contributed by atoms with E-state index in [0.29, 0.717) is 12.2 Å². The van der Waals surface area contributed by atoms with Gasteiger partial charge in [0.25, 0.3) is 0 Å². The molecule has 0 unspecified atom stereocenters. The van der Waals surface area contributed by atoms with Gasteiger partial charge in [0.15, 0.2) is 0 Å². The third kappa shape index (κ3) is 5.62. The van der Waals surface area contributed by atoms with Gasteiger partial charge in [-0.05, 0) is 53.7 Å². The summed E-state index contributed by atoms with van der Waals surface area (Å²) in [6, 6.07) is 19.8. The Labute approximate surface area is 163 Å². The standard InChI is InChI=1S/C22H22FN3O2/c1-26(14-16-6-7-17-4-2-3-5-18(17)12-16)15-22(28)24-13-21(27)25-20-10-8-19(23)9-11-20/h2-12H,13-15H2,1H3,(H,24,28)(H,25,27). The molecule has 0 heterocycles. The highest BCUT2D eigenvalue weighted by atomic mass is 19.1. The number of carbonyl (C=O) groups excluding carboxylic acids is 2. The minimum absolute atomic E-state index is 0.139. The van der Waals surface area contributed by atoms with E-state index in [1.54, 1.807) is 0 Å². The van der Waals surface area contributed by atoms with Crippen molar-refractivity contribution in [3.63, 3.8) is 0 Å². The number of hydrogen-bond acceptors (Lipinski definition) is 3. The number of nitrogens with one attached hydrogen (secondary N) is 2. The average molecular weight is 379 g/mol. The third-order valence-corrected chi connectivity index (χ3v) is 4.25. The highest BCUT2D eigenvalue weighted by Gasteiger charge is 2.10. The molecular weight excluding hydrogens is 357 g/mol. The van der Waals surface area contributed by atoms with Crippen LogP contribution in [-0.2, 0) is 16.1 Å². The molecule has 0 spiro atoms. The van der Waals surface area contributed by atoms with Crippen molar-refractivity contribution >= 4 is 28.3 Å². The average Bonchev–Trinajstić information content (AvgIpc) is 2.68. The van der Waals surface area contributed by atoms with Crippen molar-refractivity contribution in [2.24, 2.45) is 0 Å². The lowest BCUT2D eigenvalue weighted by molar-refractivity contribution is -0.124. The highest BCUT2D eigenvalue weighted by molar-refractivity contribution is 5.94. The number of carbonyl (C=O) groups is 2. The molecule has 0 saturated carbocycles. The smallest absolute Gasteiger partial charge is 0.243 e. The van der Waals surface area contributed by atoms with E-state index in [-0.39, 0.29) is 30.7 Å². The molecule has 0 aromatic heterocycles. The number of anilines is 1. The molecule has 0 aliphatic heterocycles. The molecule has 3 rings (SSSR count). The topological polar surface area (TPSA) is 61.4 Å². The Kier molecular flexibility index (Phi) is 6.34. The van der Waals surface area contributed by atoms with E-state index < -0.39 is 0 Å². The fraction of sp³-hybridized carbons (Fsp3) is 0.182. The maximum atomic E-state index is 12.9. The molecular formula is C22H22FN3O2. The zero-order valence-corrected chi connectivity index (χ0v) is 15.6. The van der Waals surface area contributed by atoms with Gasteiger partial charge in [-0.1, -0.05) is 36.4 Å². The minimum atomic E-state index is -0.374. The second-order valence-corrected chi connectivity index (χ2v) is 6.69. The highest BCUT2D eigenvalue weighted by Crippen LogP contribution is 2.16. The van der Waals surface area contributed by atoms with E-state index >= 15 is 0 Å². The van der Waals surface area contributed by atoms with Crippen LogP contribution in [0.15, 0.2) is 66.7 Å². The second kappa shape index (κ2) is 9.10. The van der Waals surface area contributed by atoms with Gasteiger partial charge in [-0.15, -0.1) is 0 Å². The van der Waals surface area contributed by atoms with Gasteiger partial charge < -0.3 is 10.6 Å². The molecule has 5 nitrogen and oxygen atoms in total. The Morgan fingerprint density at radius 2 is 1.64 bits per heavy atom. The number of halogens is 1. The number of nitrogens with zero attached hydrogens (tertiary/aromatic N) is 1. The Balaban J connectivity index is 1.44. The van der Waals surface area contributed by atoms with Gasteiger partial charge in [-0.25, -0.2) is 4.39 Å². The molecule has 0 aliphatic rings. The summed E-state index contributed by atoms with van der Waals surface area (Å²) in [5.74, 6) is -0.976. The van der Waals surface area contributed by atoms with Crippen LogP contribution >= 0.6 is 0 Å². The van der Waals surface area contributed by atoms with E-state index in [1.165, 1.54) is 29.7 Å². The predicted octanol–water partition coefficient (Wildman–Crippen LogP) is 3.17. The lowest BCUT2D eigenvalue weighted by atomic mass is 10.1. The summed E-state index contributed by atoms with van der Waals surface area (Å²) >= 11 is 0. The Bertz CT molecular complexity index is 973. The molecule has 0 bridgehead atoms. The Morgan fingerprint density at radius 1 is 0.929 bits per heavy atom. The van der Waals surface area contributed by atoms with Crippen LogP contribution < -0.4 is 10.6 Å². The van der Waals surface area contributed by atoms with Gasteiger partial charge in [0.05, 0.1) is 13.1 Å². The molecule has 3 aromatic rings. The van der Waals surface area contributed by atoms with Crippen LogP contribution in [0.4, 0.5) is 10.1 Å². The van der Waals surface area contributed by atoms with Gasteiger partial charge in [0.2, 0.25) is 11.8 Å². The summed E-state index contributed by atoms with van der Waals surface area (Å²) in [6.07, 6.45) is 0. The van der Waals surface area contributed by atoms with Gasteiger partial charge >= 0.3 is 0 Å². The molecule has 0 radical (unpaired) electrons. The zero-order valence-electron chi connectivity index (χ0n) is 15.6. The number of fused-ring (bicyclic) bond motifs is 1. The molecule has 28 heavy (non-hydrogen) atoms. The summed E-state index contributed by atoms with van der Waals surface area (Å²) in [4.78, 5) is 25.8. The largest absolute Gasteiger partial charge is 0.346 e. The number of hydrogen-bond donors (Lipinski definition) is 2. The molecule has 0 saturated heterocycles. The van der Waals surface area contributed by atoms with Crippen LogP contribution in [-0.4, -0.2) is 36.9 Å². The molecule has 3 aromatic carbocycles. The third-order valence-electron chi connectivity index (χ3n) is 4.25. The predicted molar refractivity (Wildman–Crippen MR) is 108 cm³/mol. The van der Waals surface area contributed by atoms with Crippen molar-refractivity contribution < 1.29 is 14.0 Å². The molecule has 144 valence electrons. The maximum Gasteiger partial charge on any atom is 0.243 e. The molecule has 2 amide bonds. The summed E-state index contributed by atoms with van der Waals surface area (Å²) < 4.78 is 12.9. The van der Waals surface area contributed by atoms with Crippen LogP contribution in [0, 0.1) is 5.82 Å². The zero-order chi connectivity index (χ0) is 19.9. The molecule has 6 heteroatoms. The molecule has 0 aliphatic carbocycles. The number of benzene rings is 3. The number of rotatable bonds is 7. The van der Waals surface area contributed by atoms with E-state index in [2.05, 4.69) is 34.9 Å². The van der Waals surface area contributed by atoms with Crippen molar-refractivity contribution in [1.29, 1.82) is 0 Å². The monoisotopic (exact) mass is 379 g/mol. The number of likely N-dealkylation sites (N-methyl/N-ethyl adjacent to an activating group) is 1. The first-order chi connectivity index (χ1) is 13.5. The Hall–Kier alpha value is -3.25. The van der Waals surface area contributed by atoms with Gasteiger partial charge in [0, 0.05) is 12.2 Å². The summed E-state index contributed by atoms with van der Waals surface area (Å²) in [5, 5.41) is 7.54. The van der Waals surface area contributed by atoms with E-state index in [4.69, 9.17) is 0 Å². The lowest BCUT2D eigenvalue weighted by Crippen LogP contribution is -2.39. The summed E-state index contributed by atoms with van der Waals surface area (Å²) in [7, 11) is 1.85. The second-order valence-electron chi connectivity index (χ2n) is 6.69. The normalized spacial score (nSPS) is 10.8. The van der Waals surface area contributed by atoms with E-state index in [1.807, 2.05) is 30.1 Å². The van der Waals surface area contributed by atoms with E-state index in [9.17, 15) is 14.0 Å². The van der Waals surface area contributed by atoms with Crippen LogP contribution in [0.3, 0.4) is 0 Å². The summed E-state index contributed by atoms with van der Waals surface area (Å²) in [5.41, 5.74) is 1.59. The number of amides is 2. The first-order valence-electron chi connectivity index (χ1n) is 8.98. The van der Waals surface area contributed by atoms with Crippen LogP contribution in [0.2, 0.25) is 0 Å². The van der Waals surface area contributed by atoms with Crippen molar-refractivity contribution in [1.82, 2.24) is 10.2 Å². The first-order valence-corrected chi connectivity index (χ1v) is 8.98. The maximum absolute atomic E-state index is 12.9. The fourth-order valence-electron chi connectivity index (χ4n) is 2.92. The van der Waals surface area contributed by atoms with Gasteiger partial charge in [-0.3, -0.25) is 14.5 Å². The SMILES string of the molecule is CN(CC(=O)NCC(=O)Nc1ccc(F)cc1)Cc1ccc2ccccc2c1. The Morgan fingerprint density at radius 3 is 2.39 bits per heavy atom. The van der Waals surface area contributed by atoms with Crippen LogP contribution in [0.1, 0.15) is 5.56 Å². The minimum Gasteiger partial charge on any atom is -0.346 e.